The minimum Gasteiger partial charge on any atom is -0.371 e. The average Bonchev–Trinajstić information content (AvgIpc) is 3.00. The third-order valence-electron chi connectivity index (χ3n) is 4.34. The molecule has 0 radical (unpaired) electrons. The number of hydrogen-bond acceptors (Lipinski definition) is 3. The molecule has 2 nitrogen and oxygen atoms in total. The normalized spacial score (nSPS) is 24.8. The predicted molar refractivity (Wildman–Crippen MR) is 85.1 cm³/mol. The van der Waals surface area contributed by atoms with Crippen molar-refractivity contribution in [2.24, 2.45) is 5.92 Å². The van der Waals surface area contributed by atoms with E-state index in [2.05, 4.69) is 52.3 Å². The molecule has 2 heterocycles. The molecule has 3 rings (SSSR count). The lowest BCUT2D eigenvalue weighted by Gasteiger charge is -2.34. The molecule has 0 bridgehead atoms. The zero-order valence-electron chi connectivity index (χ0n) is 11.6. The number of thioether (sulfide) groups is 1. The van der Waals surface area contributed by atoms with Gasteiger partial charge in [0.1, 0.15) is 0 Å². The summed E-state index contributed by atoms with van der Waals surface area (Å²) in [7, 11) is 0. The van der Waals surface area contributed by atoms with Crippen molar-refractivity contribution in [3.05, 3.63) is 30.3 Å². The van der Waals surface area contributed by atoms with Crippen molar-refractivity contribution in [3.63, 3.8) is 0 Å². The van der Waals surface area contributed by atoms with Gasteiger partial charge in [0.25, 0.3) is 0 Å². The van der Waals surface area contributed by atoms with Crippen molar-refractivity contribution in [2.45, 2.75) is 25.3 Å². The van der Waals surface area contributed by atoms with Crippen LogP contribution in [0.2, 0.25) is 0 Å². The summed E-state index contributed by atoms with van der Waals surface area (Å²) in [6, 6.07) is 11.6. The molecule has 0 aromatic heterocycles. The number of piperidine rings is 1. The molecule has 3 heteroatoms. The largest absolute Gasteiger partial charge is 0.371 e. The van der Waals surface area contributed by atoms with Crippen LogP contribution in [0.15, 0.2) is 30.3 Å². The molecule has 2 aliphatic rings. The van der Waals surface area contributed by atoms with Crippen LogP contribution in [0, 0.1) is 5.92 Å². The topological polar surface area (TPSA) is 15.3 Å². The number of para-hydroxylation sites is 1. The molecule has 104 valence electrons. The smallest absolute Gasteiger partial charge is 0.0366 e. The van der Waals surface area contributed by atoms with Crippen LogP contribution in [0.25, 0.3) is 0 Å². The van der Waals surface area contributed by atoms with Crippen LogP contribution in [-0.4, -0.2) is 37.2 Å². The van der Waals surface area contributed by atoms with Crippen molar-refractivity contribution in [3.8, 4) is 0 Å². The Balaban J connectivity index is 1.42. The summed E-state index contributed by atoms with van der Waals surface area (Å²) in [4.78, 5) is 2.52. The number of hydrogen-bond donors (Lipinski definition) is 1. The fourth-order valence-electron chi connectivity index (χ4n) is 3.06. The van der Waals surface area contributed by atoms with E-state index in [1.165, 1.54) is 56.1 Å². The summed E-state index contributed by atoms with van der Waals surface area (Å²) < 4.78 is 0. The Hall–Kier alpha value is -0.670. The second kappa shape index (κ2) is 6.67. The Labute approximate surface area is 121 Å². The van der Waals surface area contributed by atoms with Crippen molar-refractivity contribution in [1.29, 1.82) is 0 Å². The lowest BCUT2D eigenvalue weighted by molar-refractivity contribution is 0.387. The molecule has 1 atom stereocenters. The third kappa shape index (κ3) is 3.67. The lowest BCUT2D eigenvalue weighted by Crippen LogP contribution is -2.43. The van der Waals surface area contributed by atoms with Gasteiger partial charge < -0.3 is 10.2 Å². The molecule has 2 fully saturated rings. The number of rotatable bonds is 4. The first-order chi connectivity index (χ1) is 9.42. The Kier molecular flexibility index (Phi) is 4.67. The molecule has 0 saturated carbocycles. The maximum Gasteiger partial charge on any atom is 0.0366 e. The first-order valence-electron chi connectivity index (χ1n) is 7.53. The van der Waals surface area contributed by atoms with Crippen LogP contribution in [0.4, 0.5) is 5.69 Å². The van der Waals surface area contributed by atoms with E-state index in [0.29, 0.717) is 0 Å². The van der Waals surface area contributed by atoms with Gasteiger partial charge in [-0.1, -0.05) is 18.2 Å². The van der Waals surface area contributed by atoms with Gasteiger partial charge in [-0.15, -0.1) is 0 Å². The van der Waals surface area contributed by atoms with Gasteiger partial charge >= 0.3 is 0 Å². The van der Waals surface area contributed by atoms with Gasteiger partial charge in [0, 0.05) is 24.8 Å². The molecule has 2 aliphatic heterocycles. The molecule has 1 unspecified atom stereocenters. The van der Waals surface area contributed by atoms with E-state index in [1.54, 1.807) is 0 Å². The number of nitrogens with one attached hydrogen (secondary N) is 1. The lowest BCUT2D eigenvalue weighted by atomic mass is 10.0. The maximum atomic E-state index is 3.80. The fraction of sp³-hybridized carbons (Fsp3) is 0.625. The van der Waals surface area contributed by atoms with Crippen LogP contribution >= 0.6 is 11.8 Å². The molecule has 0 spiro atoms. The van der Waals surface area contributed by atoms with E-state index >= 15 is 0 Å². The quantitative estimate of drug-likeness (QED) is 0.910. The second-order valence-electron chi connectivity index (χ2n) is 5.73. The van der Waals surface area contributed by atoms with Crippen LogP contribution < -0.4 is 10.2 Å². The van der Waals surface area contributed by atoms with E-state index in [1.807, 2.05) is 0 Å². The molecule has 19 heavy (non-hydrogen) atoms. The summed E-state index contributed by atoms with van der Waals surface area (Å²) in [5, 5.41) is 3.80. The standard InChI is InChI=1S/C16H24N2S/c1-2-4-16(5-3-1)18-9-6-15(7-10-18)17-12-14-8-11-19-13-14/h1-5,14-15,17H,6-13H2. The third-order valence-corrected chi connectivity index (χ3v) is 5.57. The van der Waals surface area contributed by atoms with E-state index in [0.717, 1.165) is 12.0 Å². The molecule has 2 saturated heterocycles. The highest BCUT2D eigenvalue weighted by atomic mass is 32.2. The first-order valence-corrected chi connectivity index (χ1v) is 8.68. The fourth-order valence-corrected chi connectivity index (χ4v) is 4.34. The summed E-state index contributed by atoms with van der Waals surface area (Å²) in [6.45, 7) is 3.63. The van der Waals surface area contributed by atoms with Gasteiger partial charge in [-0.3, -0.25) is 0 Å². The van der Waals surface area contributed by atoms with E-state index < -0.39 is 0 Å². The van der Waals surface area contributed by atoms with Gasteiger partial charge in [0.05, 0.1) is 0 Å². The van der Waals surface area contributed by atoms with Crippen molar-refractivity contribution >= 4 is 17.4 Å². The maximum absolute atomic E-state index is 3.80. The van der Waals surface area contributed by atoms with Crippen LogP contribution in [0.5, 0.6) is 0 Å². The SMILES string of the molecule is c1ccc(N2CCC(NCC3CCSC3)CC2)cc1. The molecule has 1 aromatic rings. The molecular formula is C16H24N2S. The number of anilines is 1. The number of benzene rings is 1. The van der Waals surface area contributed by atoms with Crippen molar-refractivity contribution < 1.29 is 0 Å². The van der Waals surface area contributed by atoms with Crippen LogP contribution in [0.3, 0.4) is 0 Å². The van der Waals surface area contributed by atoms with Gasteiger partial charge in [0.15, 0.2) is 0 Å². The Morgan fingerprint density at radius 2 is 1.89 bits per heavy atom. The molecular weight excluding hydrogens is 252 g/mol. The van der Waals surface area contributed by atoms with Crippen molar-refractivity contribution in [2.75, 3.05) is 36.0 Å². The average molecular weight is 276 g/mol. The van der Waals surface area contributed by atoms with Gasteiger partial charge in [-0.05, 0) is 55.4 Å². The summed E-state index contributed by atoms with van der Waals surface area (Å²) in [6.07, 6.45) is 3.99. The number of nitrogens with zero attached hydrogens (tertiary/aromatic N) is 1. The van der Waals surface area contributed by atoms with E-state index in [4.69, 9.17) is 0 Å². The zero-order valence-corrected chi connectivity index (χ0v) is 12.4. The van der Waals surface area contributed by atoms with Crippen LogP contribution in [0.1, 0.15) is 19.3 Å². The molecule has 0 aliphatic carbocycles. The van der Waals surface area contributed by atoms with Gasteiger partial charge in [-0.25, -0.2) is 0 Å². The summed E-state index contributed by atoms with van der Waals surface area (Å²) in [5.41, 5.74) is 1.38. The predicted octanol–water partition coefficient (Wildman–Crippen LogP) is 3.00. The minimum absolute atomic E-state index is 0.741. The monoisotopic (exact) mass is 276 g/mol. The zero-order chi connectivity index (χ0) is 12.9. The highest BCUT2D eigenvalue weighted by Gasteiger charge is 2.21. The summed E-state index contributed by atoms with van der Waals surface area (Å²) in [5.74, 6) is 3.67. The molecule has 1 aromatic carbocycles. The van der Waals surface area contributed by atoms with Crippen molar-refractivity contribution in [1.82, 2.24) is 5.32 Å². The Morgan fingerprint density at radius 3 is 2.58 bits per heavy atom. The Morgan fingerprint density at radius 1 is 1.11 bits per heavy atom. The first kappa shape index (κ1) is 13.3. The summed E-state index contributed by atoms with van der Waals surface area (Å²) >= 11 is 2.12. The minimum atomic E-state index is 0.741. The molecule has 0 amide bonds. The van der Waals surface area contributed by atoms with Gasteiger partial charge in [0.2, 0.25) is 0 Å². The molecule has 1 N–H and O–H groups in total. The second-order valence-corrected chi connectivity index (χ2v) is 6.88. The Bertz CT molecular complexity index is 368. The highest BCUT2D eigenvalue weighted by molar-refractivity contribution is 7.99. The van der Waals surface area contributed by atoms with Crippen LogP contribution in [-0.2, 0) is 0 Å². The van der Waals surface area contributed by atoms with Gasteiger partial charge in [-0.2, -0.15) is 11.8 Å². The van der Waals surface area contributed by atoms with E-state index in [9.17, 15) is 0 Å². The van der Waals surface area contributed by atoms with E-state index in [-0.39, 0.29) is 0 Å². The highest BCUT2D eigenvalue weighted by Crippen LogP contribution is 2.24.